The van der Waals surface area contributed by atoms with Crippen LogP contribution in [-0.2, 0) is 24.7 Å². The van der Waals surface area contributed by atoms with Gasteiger partial charge in [0.15, 0.2) is 11.0 Å². The average molecular weight is 453 g/mol. The smallest absolute Gasteiger partial charge is 0.235 e. The van der Waals surface area contributed by atoms with E-state index in [2.05, 4.69) is 27.6 Å². The molecule has 0 atom stereocenters. The first-order valence-electron chi connectivity index (χ1n) is 10.1. The summed E-state index contributed by atoms with van der Waals surface area (Å²) in [5, 5.41) is 22.4. The van der Waals surface area contributed by atoms with E-state index in [1.807, 2.05) is 48.8 Å². The fourth-order valence-corrected chi connectivity index (χ4v) is 5.65. The van der Waals surface area contributed by atoms with E-state index in [1.54, 1.807) is 11.3 Å². The Bertz CT molecular complexity index is 1160. The molecule has 31 heavy (non-hydrogen) atoms. The molecule has 0 saturated carbocycles. The lowest BCUT2D eigenvalue weighted by atomic mass is 9.96. The maximum Gasteiger partial charge on any atom is 0.235 e. The Hall–Kier alpha value is -2.83. The van der Waals surface area contributed by atoms with Gasteiger partial charge in [0.05, 0.1) is 11.3 Å². The normalized spacial score (nSPS) is 12.8. The Balaban J connectivity index is 1.44. The molecular weight excluding hydrogens is 428 g/mol. The van der Waals surface area contributed by atoms with Crippen LogP contribution in [0.3, 0.4) is 0 Å². The Morgan fingerprint density at radius 2 is 2.13 bits per heavy atom. The molecule has 1 N–H and O–H groups in total. The topological polar surface area (TPSA) is 86.8 Å². The number of fused-ring (bicyclic) bond motifs is 1. The number of rotatable bonds is 6. The van der Waals surface area contributed by atoms with Gasteiger partial charge in [-0.25, -0.2) is 0 Å². The summed E-state index contributed by atoms with van der Waals surface area (Å²) in [6.07, 6.45) is 4.17. The largest absolute Gasteiger partial charge is 0.378 e. The lowest BCUT2D eigenvalue weighted by Gasteiger charge is -2.13. The van der Waals surface area contributed by atoms with Gasteiger partial charge in [-0.2, -0.15) is 5.26 Å². The van der Waals surface area contributed by atoms with Gasteiger partial charge in [0.25, 0.3) is 0 Å². The van der Waals surface area contributed by atoms with Crippen LogP contribution in [-0.4, -0.2) is 40.5 Å². The standard InChI is InChI=1S/C22H24N6OS2/c1-27(2)15-8-6-7-14(11-15)20-25-26-22(28(20)3)30-13-19(29)24-21-17(12-23)16-9-4-5-10-18(16)31-21/h6-8,11H,4-5,9-10,13H2,1-3H3,(H,24,29). The third-order valence-electron chi connectivity index (χ3n) is 5.32. The summed E-state index contributed by atoms with van der Waals surface area (Å²) in [6, 6.07) is 10.4. The highest BCUT2D eigenvalue weighted by Crippen LogP contribution is 2.37. The van der Waals surface area contributed by atoms with Crippen molar-refractivity contribution in [1.82, 2.24) is 14.8 Å². The van der Waals surface area contributed by atoms with E-state index in [-0.39, 0.29) is 11.7 Å². The number of hydrogen-bond donors (Lipinski definition) is 1. The molecular formula is C22H24N6OS2. The monoisotopic (exact) mass is 452 g/mol. The third-order valence-corrected chi connectivity index (χ3v) is 7.55. The molecule has 0 aliphatic heterocycles. The van der Waals surface area contributed by atoms with E-state index in [9.17, 15) is 10.1 Å². The summed E-state index contributed by atoms with van der Waals surface area (Å²) in [6.45, 7) is 0. The quantitative estimate of drug-likeness (QED) is 0.567. The number of aromatic nitrogens is 3. The maximum absolute atomic E-state index is 12.6. The molecule has 0 bridgehead atoms. The predicted molar refractivity (Wildman–Crippen MR) is 126 cm³/mol. The molecule has 0 unspecified atom stereocenters. The SMILES string of the molecule is CN(C)c1cccc(-c2nnc(SCC(=O)Nc3sc4c(c3C#N)CCCC4)n2C)c1. The number of thiophene rings is 1. The molecule has 1 aliphatic carbocycles. The van der Waals surface area contributed by atoms with Gasteiger partial charge in [0.2, 0.25) is 5.91 Å². The van der Waals surface area contributed by atoms with Crippen LogP contribution in [0.1, 0.15) is 28.8 Å². The fourth-order valence-electron chi connectivity index (χ4n) is 3.68. The Kier molecular flexibility index (Phi) is 6.30. The number of carbonyl (C=O) groups excluding carboxylic acids is 1. The first-order chi connectivity index (χ1) is 15.0. The van der Waals surface area contributed by atoms with Crippen LogP contribution >= 0.6 is 23.1 Å². The minimum Gasteiger partial charge on any atom is -0.378 e. The molecule has 1 aliphatic rings. The van der Waals surface area contributed by atoms with Crippen LogP contribution in [0, 0.1) is 11.3 Å². The van der Waals surface area contributed by atoms with Crippen molar-refractivity contribution in [2.75, 3.05) is 30.1 Å². The van der Waals surface area contributed by atoms with Crippen LogP contribution in [0.2, 0.25) is 0 Å². The maximum atomic E-state index is 12.6. The number of benzene rings is 1. The highest BCUT2D eigenvalue weighted by atomic mass is 32.2. The lowest BCUT2D eigenvalue weighted by Crippen LogP contribution is -2.14. The summed E-state index contributed by atoms with van der Waals surface area (Å²) >= 11 is 2.88. The van der Waals surface area contributed by atoms with Crippen molar-refractivity contribution in [1.29, 1.82) is 5.26 Å². The summed E-state index contributed by atoms with van der Waals surface area (Å²) in [4.78, 5) is 15.9. The first kappa shape index (κ1) is 21.4. The summed E-state index contributed by atoms with van der Waals surface area (Å²) in [5.74, 6) is 0.820. The van der Waals surface area contributed by atoms with Crippen molar-refractivity contribution in [3.8, 4) is 17.5 Å². The van der Waals surface area contributed by atoms with Gasteiger partial charge >= 0.3 is 0 Å². The van der Waals surface area contributed by atoms with Gasteiger partial charge in [0, 0.05) is 37.3 Å². The van der Waals surface area contributed by atoms with Gasteiger partial charge in [-0.05, 0) is 43.4 Å². The summed E-state index contributed by atoms with van der Waals surface area (Å²) in [7, 11) is 5.90. The van der Waals surface area contributed by atoms with E-state index >= 15 is 0 Å². The average Bonchev–Trinajstić information content (AvgIpc) is 3.31. The van der Waals surface area contributed by atoms with Gasteiger partial charge < -0.3 is 14.8 Å². The molecule has 3 aromatic rings. The minimum absolute atomic E-state index is 0.140. The van der Waals surface area contributed by atoms with Crippen LogP contribution in [0.4, 0.5) is 10.7 Å². The number of nitrogens with zero attached hydrogens (tertiary/aromatic N) is 5. The van der Waals surface area contributed by atoms with E-state index < -0.39 is 0 Å². The first-order valence-corrected chi connectivity index (χ1v) is 11.9. The molecule has 1 amide bonds. The number of carbonyl (C=O) groups is 1. The summed E-state index contributed by atoms with van der Waals surface area (Å²) in [5.41, 5.74) is 3.82. The van der Waals surface area contributed by atoms with E-state index in [0.717, 1.165) is 48.3 Å². The molecule has 7 nitrogen and oxygen atoms in total. The fraction of sp³-hybridized carbons (Fsp3) is 0.364. The molecule has 0 fully saturated rings. The molecule has 0 radical (unpaired) electrons. The van der Waals surface area contributed by atoms with Crippen molar-refractivity contribution in [2.45, 2.75) is 30.8 Å². The number of anilines is 2. The van der Waals surface area contributed by atoms with Crippen LogP contribution < -0.4 is 10.2 Å². The lowest BCUT2D eigenvalue weighted by molar-refractivity contribution is -0.113. The molecule has 1 aromatic carbocycles. The van der Waals surface area contributed by atoms with Gasteiger partial charge in [-0.3, -0.25) is 4.79 Å². The number of amides is 1. The molecule has 2 heterocycles. The Morgan fingerprint density at radius 3 is 2.90 bits per heavy atom. The molecule has 9 heteroatoms. The van der Waals surface area contributed by atoms with Crippen molar-refractivity contribution in [2.24, 2.45) is 7.05 Å². The molecule has 0 saturated heterocycles. The Morgan fingerprint density at radius 1 is 1.32 bits per heavy atom. The zero-order chi connectivity index (χ0) is 22.0. The predicted octanol–water partition coefficient (Wildman–Crippen LogP) is 4.09. The van der Waals surface area contributed by atoms with Crippen molar-refractivity contribution < 1.29 is 4.79 Å². The summed E-state index contributed by atoms with van der Waals surface area (Å²) < 4.78 is 1.90. The molecule has 4 rings (SSSR count). The molecule has 160 valence electrons. The molecule has 0 spiro atoms. The van der Waals surface area contributed by atoms with E-state index in [0.29, 0.717) is 15.7 Å². The number of aryl methyl sites for hydroxylation is 1. The minimum atomic E-state index is -0.140. The van der Waals surface area contributed by atoms with E-state index in [4.69, 9.17) is 0 Å². The van der Waals surface area contributed by atoms with E-state index in [1.165, 1.54) is 16.6 Å². The zero-order valence-electron chi connectivity index (χ0n) is 17.8. The van der Waals surface area contributed by atoms with Crippen molar-refractivity contribution >= 4 is 39.7 Å². The highest BCUT2D eigenvalue weighted by Gasteiger charge is 2.22. The van der Waals surface area contributed by atoms with Gasteiger partial charge in [-0.1, -0.05) is 23.9 Å². The van der Waals surface area contributed by atoms with Crippen molar-refractivity contribution in [3.05, 3.63) is 40.3 Å². The number of hydrogen-bond acceptors (Lipinski definition) is 7. The number of thioether (sulfide) groups is 1. The third kappa shape index (κ3) is 4.45. The second-order valence-corrected chi connectivity index (χ2v) is 9.72. The Labute approximate surface area is 190 Å². The zero-order valence-corrected chi connectivity index (χ0v) is 19.4. The van der Waals surface area contributed by atoms with Crippen LogP contribution in [0.5, 0.6) is 0 Å². The van der Waals surface area contributed by atoms with Crippen molar-refractivity contribution in [3.63, 3.8) is 0 Å². The second kappa shape index (κ2) is 9.12. The molecule has 2 aromatic heterocycles. The van der Waals surface area contributed by atoms with Gasteiger partial charge in [-0.15, -0.1) is 21.5 Å². The second-order valence-electron chi connectivity index (χ2n) is 7.67. The van der Waals surface area contributed by atoms with Crippen LogP contribution in [0.15, 0.2) is 29.4 Å². The van der Waals surface area contributed by atoms with Crippen LogP contribution in [0.25, 0.3) is 11.4 Å². The highest BCUT2D eigenvalue weighted by molar-refractivity contribution is 7.99. The van der Waals surface area contributed by atoms with Gasteiger partial charge in [0.1, 0.15) is 11.1 Å². The number of nitrogens with one attached hydrogen (secondary N) is 1. The number of nitriles is 1.